The van der Waals surface area contributed by atoms with Crippen molar-refractivity contribution in [1.29, 1.82) is 0 Å². The van der Waals surface area contributed by atoms with Crippen molar-refractivity contribution in [2.24, 2.45) is 0 Å². The van der Waals surface area contributed by atoms with Crippen LogP contribution in [0.1, 0.15) is 12.8 Å². The van der Waals surface area contributed by atoms with Crippen LogP contribution in [0.15, 0.2) is 24.3 Å². The van der Waals surface area contributed by atoms with Crippen LogP contribution < -0.4 is 0 Å². The van der Waals surface area contributed by atoms with Crippen LogP contribution in [0, 0.1) is 0 Å². The number of hydrogen-bond acceptors (Lipinski definition) is 1. The van der Waals surface area contributed by atoms with Crippen molar-refractivity contribution in [1.82, 2.24) is 0 Å². The number of rotatable bonds is 5. The van der Waals surface area contributed by atoms with E-state index in [2.05, 4.69) is 6.58 Å². The molecule has 58 valence electrons. The van der Waals surface area contributed by atoms with Crippen LogP contribution in [0.4, 0.5) is 0 Å². The zero-order valence-electron chi connectivity index (χ0n) is 6.02. The van der Waals surface area contributed by atoms with E-state index in [1.165, 1.54) is 0 Å². The molecule has 0 spiro atoms. The Morgan fingerprint density at radius 2 is 2.30 bits per heavy atom. The Morgan fingerprint density at radius 3 is 2.70 bits per heavy atom. The standard InChI is InChI=1S/C8H13ClO/c1-2-8(5-7-10)4-3-6-9/h2,5,10H,1,3-4,6-7H2/b8-5+. The summed E-state index contributed by atoms with van der Waals surface area (Å²) in [6, 6.07) is 0. The minimum absolute atomic E-state index is 0.0869. The van der Waals surface area contributed by atoms with Gasteiger partial charge < -0.3 is 5.11 Å². The van der Waals surface area contributed by atoms with E-state index < -0.39 is 0 Å². The highest BCUT2D eigenvalue weighted by molar-refractivity contribution is 6.17. The molecule has 0 aromatic carbocycles. The molecule has 0 heterocycles. The number of halogens is 1. The Balaban J connectivity index is 3.60. The molecule has 0 unspecified atom stereocenters. The molecule has 0 aliphatic rings. The van der Waals surface area contributed by atoms with E-state index >= 15 is 0 Å². The first kappa shape index (κ1) is 9.73. The summed E-state index contributed by atoms with van der Waals surface area (Å²) in [5, 5.41) is 8.51. The van der Waals surface area contributed by atoms with Gasteiger partial charge >= 0.3 is 0 Å². The van der Waals surface area contributed by atoms with Crippen LogP contribution in [0.3, 0.4) is 0 Å². The van der Waals surface area contributed by atoms with Gasteiger partial charge in [0.15, 0.2) is 0 Å². The zero-order valence-corrected chi connectivity index (χ0v) is 6.77. The normalized spacial score (nSPS) is 11.6. The number of alkyl halides is 1. The van der Waals surface area contributed by atoms with E-state index in [-0.39, 0.29) is 6.61 Å². The third-order valence-electron chi connectivity index (χ3n) is 1.21. The van der Waals surface area contributed by atoms with Crippen LogP contribution >= 0.6 is 11.6 Å². The highest BCUT2D eigenvalue weighted by Crippen LogP contribution is 2.05. The van der Waals surface area contributed by atoms with Crippen LogP contribution in [0.2, 0.25) is 0 Å². The second kappa shape index (κ2) is 6.84. The Morgan fingerprint density at radius 1 is 1.60 bits per heavy atom. The smallest absolute Gasteiger partial charge is 0.0618 e. The fourth-order valence-corrected chi connectivity index (χ4v) is 0.809. The number of hydrogen-bond donors (Lipinski definition) is 1. The number of aliphatic hydroxyl groups excluding tert-OH is 1. The summed E-state index contributed by atoms with van der Waals surface area (Å²) in [4.78, 5) is 0. The largest absolute Gasteiger partial charge is 0.392 e. The first-order valence-electron chi connectivity index (χ1n) is 3.33. The molecule has 2 heteroatoms. The molecule has 0 bridgehead atoms. The average molecular weight is 161 g/mol. The summed E-state index contributed by atoms with van der Waals surface area (Å²) in [7, 11) is 0. The predicted molar refractivity (Wildman–Crippen MR) is 45.3 cm³/mol. The molecule has 1 N–H and O–H groups in total. The summed E-state index contributed by atoms with van der Waals surface area (Å²) in [6.45, 7) is 3.70. The first-order valence-corrected chi connectivity index (χ1v) is 3.87. The summed E-state index contributed by atoms with van der Waals surface area (Å²) >= 11 is 5.48. The molecule has 0 aliphatic carbocycles. The fraction of sp³-hybridized carbons (Fsp3) is 0.500. The van der Waals surface area contributed by atoms with Crippen LogP contribution in [0.5, 0.6) is 0 Å². The second-order valence-corrected chi connectivity index (χ2v) is 2.34. The monoisotopic (exact) mass is 160 g/mol. The maximum atomic E-state index is 8.51. The lowest BCUT2D eigenvalue weighted by Gasteiger charge is -1.97. The van der Waals surface area contributed by atoms with Crippen molar-refractivity contribution >= 4 is 11.6 Å². The molecule has 0 radical (unpaired) electrons. The van der Waals surface area contributed by atoms with Gasteiger partial charge in [-0.3, -0.25) is 0 Å². The molecule has 0 rings (SSSR count). The maximum absolute atomic E-state index is 8.51. The van der Waals surface area contributed by atoms with Gasteiger partial charge in [-0.05, 0) is 12.8 Å². The maximum Gasteiger partial charge on any atom is 0.0618 e. The Hall–Kier alpha value is -0.270. The molecular formula is C8H13ClO. The Kier molecular flexibility index (Phi) is 6.66. The minimum atomic E-state index is 0.0869. The van der Waals surface area contributed by atoms with Crippen molar-refractivity contribution < 1.29 is 5.11 Å². The lowest BCUT2D eigenvalue weighted by Crippen LogP contribution is -1.83. The van der Waals surface area contributed by atoms with E-state index in [9.17, 15) is 0 Å². The van der Waals surface area contributed by atoms with Crippen molar-refractivity contribution in [2.45, 2.75) is 12.8 Å². The molecule has 0 aromatic rings. The molecule has 0 amide bonds. The van der Waals surface area contributed by atoms with Gasteiger partial charge in [-0.25, -0.2) is 0 Å². The molecule has 1 nitrogen and oxygen atoms in total. The summed E-state index contributed by atoms with van der Waals surface area (Å²) in [5.41, 5.74) is 1.07. The van der Waals surface area contributed by atoms with E-state index in [4.69, 9.17) is 16.7 Å². The highest BCUT2D eigenvalue weighted by Gasteiger charge is 1.89. The SMILES string of the molecule is C=C/C(=C\CO)CCCCl. The van der Waals surface area contributed by atoms with E-state index in [0.29, 0.717) is 5.88 Å². The van der Waals surface area contributed by atoms with Gasteiger partial charge in [-0.15, -0.1) is 11.6 Å². The third kappa shape index (κ3) is 4.59. The summed E-state index contributed by atoms with van der Waals surface area (Å²) in [6.07, 6.45) is 5.36. The lowest BCUT2D eigenvalue weighted by molar-refractivity contribution is 0.341. The zero-order chi connectivity index (χ0) is 7.82. The number of allylic oxidation sites excluding steroid dienone is 2. The molecule has 0 aromatic heterocycles. The quantitative estimate of drug-likeness (QED) is 0.483. The van der Waals surface area contributed by atoms with Gasteiger partial charge in [0.1, 0.15) is 0 Å². The average Bonchev–Trinajstić information content (AvgIpc) is 1.98. The van der Waals surface area contributed by atoms with Gasteiger partial charge in [0.25, 0.3) is 0 Å². The Bertz CT molecular complexity index is 118. The number of aliphatic hydroxyl groups is 1. The van der Waals surface area contributed by atoms with Crippen molar-refractivity contribution in [3.05, 3.63) is 24.3 Å². The van der Waals surface area contributed by atoms with Gasteiger partial charge in [0.05, 0.1) is 6.61 Å². The van der Waals surface area contributed by atoms with Crippen LogP contribution in [-0.2, 0) is 0 Å². The topological polar surface area (TPSA) is 20.2 Å². The molecule has 10 heavy (non-hydrogen) atoms. The fourth-order valence-electron chi connectivity index (χ4n) is 0.676. The third-order valence-corrected chi connectivity index (χ3v) is 1.48. The molecule has 0 saturated carbocycles. The van der Waals surface area contributed by atoms with Crippen molar-refractivity contribution in [3.8, 4) is 0 Å². The second-order valence-electron chi connectivity index (χ2n) is 1.96. The molecular weight excluding hydrogens is 148 g/mol. The van der Waals surface area contributed by atoms with E-state index in [1.807, 2.05) is 0 Å². The molecule has 0 saturated heterocycles. The van der Waals surface area contributed by atoms with Crippen molar-refractivity contribution in [2.75, 3.05) is 12.5 Å². The summed E-state index contributed by atoms with van der Waals surface area (Å²) < 4.78 is 0. The molecule has 0 atom stereocenters. The first-order chi connectivity index (χ1) is 4.85. The van der Waals surface area contributed by atoms with Gasteiger partial charge in [0, 0.05) is 5.88 Å². The minimum Gasteiger partial charge on any atom is -0.392 e. The summed E-state index contributed by atoms with van der Waals surface area (Å²) in [5.74, 6) is 0.663. The predicted octanol–water partition coefficient (Wildman–Crippen LogP) is 2.11. The van der Waals surface area contributed by atoms with Crippen molar-refractivity contribution in [3.63, 3.8) is 0 Å². The van der Waals surface area contributed by atoms with E-state index in [1.54, 1.807) is 12.2 Å². The highest BCUT2D eigenvalue weighted by atomic mass is 35.5. The Labute approximate surface area is 67.0 Å². The molecule has 0 aliphatic heterocycles. The van der Waals surface area contributed by atoms with Gasteiger partial charge in [0.2, 0.25) is 0 Å². The van der Waals surface area contributed by atoms with Gasteiger partial charge in [-0.2, -0.15) is 0 Å². The molecule has 0 fully saturated rings. The van der Waals surface area contributed by atoms with Gasteiger partial charge in [-0.1, -0.05) is 24.3 Å². The van der Waals surface area contributed by atoms with Crippen LogP contribution in [-0.4, -0.2) is 17.6 Å². The van der Waals surface area contributed by atoms with E-state index in [0.717, 1.165) is 18.4 Å². The van der Waals surface area contributed by atoms with Crippen LogP contribution in [0.25, 0.3) is 0 Å². The lowest BCUT2D eigenvalue weighted by atomic mass is 10.1.